The molecule has 0 aliphatic heterocycles. The van der Waals surface area contributed by atoms with Crippen LogP contribution in [0.3, 0.4) is 0 Å². The molecule has 1 rings (SSSR count). The van der Waals surface area contributed by atoms with E-state index in [-0.39, 0.29) is 29.8 Å². The molecule has 0 bridgehead atoms. The lowest BCUT2D eigenvalue weighted by Crippen LogP contribution is -2.23. The van der Waals surface area contributed by atoms with Crippen LogP contribution in [0.1, 0.15) is 45.2 Å². The first kappa shape index (κ1) is 17.8. The summed E-state index contributed by atoms with van der Waals surface area (Å²) in [6.07, 6.45) is 3.41. The molecule has 1 atom stereocenters. The summed E-state index contributed by atoms with van der Waals surface area (Å²) >= 11 is 0. The second kappa shape index (κ2) is 7.41. The van der Waals surface area contributed by atoms with Gasteiger partial charge in [0.2, 0.25) is 0 Å². The van der Waals surface area contributed by atoms with Crippen molar-refractivity contribution in [3.8, 4) is 11.5 Å². The smallest absolute Gasteiger partial charge is 0.120 e. The fourth-order valence-corrected chi connectivity index (χ4v) is 1.70. The Bertz CT molecular complexity index is 413. The maximum atomic E-state index is 9.84. The lowest BCUT2D eigenvalue weighted by molar-refractivity contribution is 0.130. The topological polar surface area (TPSA) is 55.5 Å². The zero-order valence-electron chi connectivity index (χ0n) is 11.8. The first-order chi connectivity index (χ1) is 8.33. The molecule has 0 aliphatic carbocycles. The molecule has 0 spiro atoms. The third-order valence-corrected chi connectivity index (χ3v) is 2.50. The van der Waals surface area contributed by atoms with Crippen molar-refractivity contribution in [1.29, 1.82) is 0 Å². The number of hydrogen-bond donors (Lipinski definition) is 2. The Balaban J connectivity index is 0.00000324. The minimum atomic E-state index is -0.264. The maximum absolute atomic E-state index is 9.84. The quantitative estimate of drug-likeness (QED) is 0.805. The van der Waals surface area contributed by atoms with Crippen LogP contribution in [-0.2, 0) is 0 Å². The highest BCUT2D eigenvalue weighted by molar-refractivity contribution is 5.85. The van der Waals surface area contributed by atoms with E-state index >= 15 is 0 Å². The van der Waals surface area contributed by atoms with E-state index in [2.05, 4.69) is 6.58 Å². The number of halogens is 1. The van der Waals surface area contributed by atoms with Gasteiger partial charge in [-0.15, -0.1) is 19.0 Å². The lowest BCUT2D eigenvalue weighted by Gasteiger charge is -2.22. The molecule has 3 nitrogen and oxygen atoms in total. The first-order valence-corrected chi connectivity index (χ1v) is 6.22. The van der Waals surface area contributed by atoms with Gasteiger partial charge in [-0.1, -0.05) is 6.08 Å². The number of ether oxygens (including phenoxy) is 1. The van der Waals surface area contributed by atoms with E-state index in [1.54, 1.807) is 12.1 Å². The Morgan fingerprint density at radius 2 is 2.05 bits per heavy atom. The zero-order chi connectivity index (χ0) is 13.8. The third-order valence-electron chi connectivity index (χ3n) is 2.50. The number of benzene rings is 1. The number of nitrogens with two attached hydrogens (primary N) is 1. The highest BCUT2D eigenvalue weighted by Crippen LogP contribution is 2.31. The lowest BCUT2D eigenvalue weighted by atomic mass is 10.0. The molecule has 0 saturated heterocycles. The van der Waals surface area contributed by atoms with Gasteiger partial charge in [-0.2, -0.15) is 0 Å². The predicted molar refractivity (Wildman–Crippen MR) is 82.1 cm³/mol. The van der Waals surface area contributed by atoms with E-state index in [1.807, 2.05) is 32.9 Å². The van der Waals surface area contributed by atoms with Gasteiger partial charge in [0, 0.05) is 11.6 Å². The monoisotopic (exact) mass is 285 g/mol. The predicted octanol–water partition coefficient (Wildman–Crippen LogP) is 3.96. The van der Waals surface area contributed by atoms with Gasteiger partial charge in [-0.05, 0) is 51.8 Å². The molecule has 0 fully saturated rings. The largest absolute Gasteiger partial charge is 0.508 e. The van der Waals surface area contributed by atoms with Gasteiger partial charge < -0.3 is 15.6 Å². The SMILES string of the molecule is C=CCC[C@@H](N)c1cc(OC(C)(C)C)ccc1O.Cl. The van der Waals surface area contributed by atoms with Crippen LogP contribution in [0.5, 0.6) is 11.5 Å². The van der Waals surface area contributed by atoms with Crippen molar-refractivity contribution in [1.82, 2.24) is 0 Å². The van der Waals surface area contributed by atoms with Crippen molar-refractivity contribution in [3.05, 3.63) is 36.4 Å². The molecule has 0 radical (unpaired) electrons. The highest BCUT2D eigenvalue weighted by Gasteiger charge is 2.15. The molecule has 0 aromatic heterocycles. The van der Waals surface area contributed by atoms with E-state index in [1.165, 1.54) is 0 Å². The van der Waals surface area contributed by atoms with Gasteiger partial charge in [0.25, 0.3) is 0 Å². The molecule has 0 amide bonds. The minimum absolute atomic E-state index is 0. The van der Waals surface area contributed by atoms with E-state index in [9.17, 15) is 5.11 Å². The summed E-state index contributed by atoms with van der Waals surface area (Å²) in [5.74, 6) is 0.942. The molecule has 108 valence electrons. The van der Waals surface area contributed by atoms with Crippen LogP contribution in [0.15, 0.2) is 30.9 Å². The summed E-state index contributed by atoms with van der Waals surface area (Å²) in [5.41, 5.74) is 6.51. The number of aromatic hydroxyl groups is 1. The fraction of sp³-hybridized carbons (Fsp3) is 0.467. The molecule has 19 heavy (non-hydrogen) atoms. The maximum Gasteiger partial charge on any atom is 0.120 e. The summed E-state index contributed by atoms with van der Waals surface area (Å²) in [7, 11) is 0. The summed E-state index contributed by atoms with van der Waals surface area (Å²) < 4.78 is 5.77. The normalized spacial score (nSPS) is 12.4. The van der Waals surface area contributed by atoms with Crippen molar-refractivity contribution >= 4 is 12.4 Å². The van der Waals surface area contributed by atoms with Gasteiger partial charge in [0.1, 0.15) is 17.1 Å². The molecular weight excluding hydrogens is 262 g/mol. The molecular formula is C15H24ClNO2. The zero-order valence-corrected chi connectivity index (χ0v) is 12.7. The summed E-state index contributed by atoms with van der Waals surface area (Å²) in [6, 6.07) is 4.99. The van der Waals surface area contributed by atoms with Crippen LogP contribution in [0, 0.1) is 0 Å². The number of phenolic OH excluding ortho intramolecular Hbond substituents is 1. The van der Waals surface area contributed by atoms with Crippen LogP contribution in [0.25, 0.3) is 0 Å². The van der Waals surface area contributed by atoms with Crippen LogP contribution in [-0.4, -0.2) is 10.7 Å². The Morgan fingerprint density at radius 1 is 1.42 bits per heavy atom. The van der Waals surface area contributed by atoms with E-state index < -0.39 is 0 Å². The Kier molecular flexibility index (Phi) is 6.95. The molecule has 4 heteroatoms. The van der Waals surface area contributed by atoms with Crippen molar-refractivity contribution in [2.45, 2.75) is 45.3 Å². The van der Waals surface area contributed by atoms with Gasteiger partial charge in [-0.3, -0.25) is 0 Å². The van der Waals surface area contributed by atoms with Crippen LogP contribution in [0.4, 0.5) is 0 Å². The van der Waals surface area contributed by atoms with Crippen molar-refractivity contribution < 1.29 is 9.84 Å². The molecule has 3 N–H and O–H groups in total. The van der Waals surface area contributed by atoms with Crippen LogP contribution in [0.2, 0.25) is 0 Å². The molecule has 0 unspecified atom stereocenters. The van der Waals surface area contributed by atoms with E-state index in [4.69, 9.17) is 10.5 Å². The number of hydrogen-bond acceptors (Lipinski definition) is 3. The Morgan fingerprint density at radius 3 is 2.58 bits per heavy atom. The van der Waals surface area contributed by atoms with Crippen molar-refractivity contribution in [2.24, 2.45) is 5.73 Å². The van der Waals surface area contributed by atoms with Crippen molar-refractivity contribution in [3.63, 3.8) is 0 Å². The Labute approximate surface area is 121 Å². The summed E-state index contributed by atoms with van der Waals surface area (Å²) in [6.45, 7) is 9.62. The van der Waals surface area contributed by atoms with E-state index in [0.29, 0.717) is 0 Å². The van der Waals surface area contributed by atoms with Crippen LogP contribution < -0.4 is 10.5 Å². The number of phenols is 1. The standard InChI is InChI=1S/C15H23NO2.ClH/c1-5-6-7-13(16)12-10-11(8-9-14(12)17)18-15(2,3)4;/h5,8-10,13,17H,1,6-7,16H2,2-4H3;1H/t13-;/m1./s1. The third kappa shape index (κ3) is 5.99. The number of rotatable bonds is 5. The molecule has 0 saturated carbocycles. The molecule has 1 aromatic carbocycles. The van der Waals surface area contributed by atoms with Gasteiger partial charge in [0.15, 0.2) is 0 Å². The molecule has 0 heterocycles. The van der Waals surface area contributed by atoms with Gasteiger partial charge in [0.05, 0.1) is 0 Å². The fourth-order valence-electron chi connectivity index (χ4n) is 1.70. The van der Waals surface area contributed by atoms with Crippen LogP contribution >= 0.6 is 12.4 Å². The Hall–Kier alpha value is -1.19. The van der Waals surface area contributed by atoms with Gasteiger partial charge in [-0.25, -0.2) is 0 Å². The molecule has 1 aromatic rings. The second-order valence-electron chi connectivity index (χ2n) is 5.41. The second-order valence-corrected chi connectivity index (χ2v) is 5.41. The van der Waals surface area contributed by atoms with Gasteiger partial charge >= 0.3 is 0 Å². The highest BCUT2D eigenvalue weighted by atomic mass is 35.5. The number of allylic oxidation sites excluding steroid dienone is 1. The summed E-state index contributed by atoms with van der Waals surface area (Å²) in [4.78, 5) is 0. The average Bonchev–Trinajstić information content (AvgIpc) is 2.26. The first-order valence-electron chi connectivity index (χ1n) is 6.22. The van der Waals surface area contributed by atoms with Crippen molar-refractivity contribution in [2.75, 3.05) is 0 Å². The summed E-state index contributed by atoms with van der Waals surface area (Å²) in [5, 5.41) is 9.84. The molecule has 0 aliphatic rings. The average molecular weight is 286 g/mol. The van der Waals surface area contributed by atoms with E-state index in [0.717, 1.165) is 24.2 Å². The minimum Gasteiger partial charge on any atom is -0.508 e.